The van der Waals surface area contributed by atoms with Crippen LogP contribution in [0.5, 0.6) is 5.75 Å². The zero-order valence-electron chi connectivity index (χ0n) is 8.35. The van der Waals surface area contributed by atoms with Gasteiger partial charge >= 0.3 is 0 Å². The summed E-state index contributed by atoms with van der Waals surface area (Å²) >= 11 is 0. The highest BCUT2D eigenvalue weighted by atomic mass is 16.5. The van der Waals surface area contributed by atoms with Crippen LogP contribution >= 0.6 is 0 Å². The molecule has 78 valence electrons. The zero-order valence-corrected chi connectivity index (χ0v) is 8.35. The molecule has 1 atom stereocenters. The van der Waals surface area contributed by atoms with Crippen molar-refractivity contribution in [1.82, 2.24) is 0 Å². The van der Waals surface area contributed by atoms with E-state index < -0.39 is 6.10 Å². The Morgan fingerprint density at radius 2 is 1.93 bits per heavy atom. The van der Waals surface area contributed by atoms with Gasteiger partial charge < -0.3 is 14.6 Å². The molecule has 1 N–H and O–H groups in total. The van der Waals surface area contributed by atoms with Gasteiger partial charge in [0, 0.05) is 0 Å². The van der Waals surface area contributed by atoms with E-state index in [0.717, 1.165) is 5.75 Å². The first-order chi connectivity index (χ1) is 6.79. The Labute approximate surface area is 84.3 Å². The van der Waals surface area contributed by atoms with Crippen LogP contribution in [0.1, 0.15) is 6.92 Å². The molecule has 3 heteroatoms. The van der Waals surface area contributed by atoms with Crippen molar-refractivity contribution in [1.29, 1.82) is 0 Å². The average Bonchev–Trinajstić information content (AvgIpc) is 2.18. The second kappa shape index (κ2) is 6.40. The molecule has 0 aromatic heterocycles. The van der Waals surface area contributed by atoms with E-state index in [0.29, 0.717) is 19.8 Å². The van der Waals surface area contributed by atoms with Crippen LogP contribution in [0.15, 0.2) is 30.3 Å². The topological polar surface area (TPSA) is 38.7 Å². The average molecular weight is 196 g/mol. The molecule has 0 bridgehead atoms. The summed E-state index contributed by atoms with van der Waals surface area (Å²) in [5, 5.41) is 8.90. The summed E-state index contributed by atoms with van der Waals surface area (Å²) in [4.78, 5) is 0. The fourth-order valence-corrected chi connectivity index (χ4v) is 0.989. The van der Waals surface area contributed by atoms with Crippen LogP contribution < -0.4 is 4.74 Å². The fraction of sp³-hybridized carbons (Fsp3) is 0.455. The van der Waals surface area contributed by atoms with Crippen molar-refractivity contribution < 1.29 is 14.6 Å². The van der Waals surface area contributed by atoms with E-state index in [-0.39, 0.29) is 0 Å². The lowest BCUT2D eigenvalue weighted by Gasteiger charge is -2.07. The van der Waals surface area contributed by atoms with Crippen LogP contribution in [0.4, 0.5) is 0 Å². The summed E-state index contributed by atoms with van der Waals surface area (Å²) in [5.41, 5.74) is 0. The number of para-hydroxylation sites is 1. The van der Waals surface area contributed by atoms with Crippen molar-refractivity contribution in [3.63, 3.8) is 0 Å². The predicted octanol–water partition coefficient (Wildman–Crippen LogP) is 1.46. The maximum atomic E-state index is 8.90. The molecule has 0 saturated carbocycles. The standard InChI is InChI=1S/C11H16O3/c1-10(12)9-13-7-8-14-11-5-3-2-4-6-11/h2-6,10,12H,7-9H2,1H3. The van der Waals surface area contributed by atoms with E-state index in [4.69, 9.17) is 14.6 Å². The molecule has 0 aliphatic heterocycles. The predicted molar refractivity (Wildman–Crippen MR) is 54.4 cm³/mol. The van der Waals surface area contributed by atoms with Crippen LogP contribution in [-0.4, -0.2) is 31.0 Å². The summed E-state index contributed by atoms with van der Waals surface area (Å²) in [6.07, 6.45) is -0.410. The molecule has 1 aromatic carbocycles. The summed E-state index contributed by atoms with van der Waals surface area (Å²) < 4.78 is 10.5. The number of rotatable bonds is 6. The maximum Gasteiger partial charge on any atom is 0.119 e. The van der Waals surface area contributed by atoms with Crippen molar-refractivity contribution in [2.45, 2.75) is 13.0 Å². The number of hydrogen-bond acceptors (Lipinski definition) is 3. The van der Waals surface area contributed by atoms with E-state index in [9.17, 15) is 0 Å². The number of ether oxygens (including phenoxy) is 2. The van der Waals surface area contributed by atoms with Crippen molar-refractivity contribution in [2.24, 2.45) is 0 Å². The lowest BCUT2D eigenvalue weighted by Crippen LogP contribution is -2.14. The van der Waals surface area contributed by atoms with Gasteiger partial charge in [0.15, 0.2) is 0 Å². The number of aliphatic hydroxyl groups is 1. The van der Waals surface area contributed by atoms with Gasteiger partial charge in [-0.15, -0.1) is 0 Å². The molecule has 0 aliphatic carbocycles. The van der Waals surface area contributed by atoms with Gasteiger partial charge in [0.1, 0.15) is 12.4 Å². The normalized spacial score (nSPS) is 12.4. The van der Waals surface area contributed by atoms with E-state index in [1.165, 1.54) is 0 Å². The minimum Gasteiger partial charge on any atom is -0.491 e. The molecule has 0 amide bonds. The third kappa shape index (κ3) is 4.84. The summed E-state index contributed by atoms with van der Waals surface area (Å²) in [5.74, 6) is 0.841. The largest absolute Gasteiger partial charge is 0.491 e. The highest BCUT2D eigenvalue weighted by Gasteiger charge is 1.95. The minimum absolute atomic E-state index is 0.359. The molecule has 0 fully saturated rings. The van der Waals surface area contributed by atoms with E-state index in [1.54, 1.807) is 6.92 Å². The van der Waals surface area contributed by atoms with Crippen molar-refractivity contribution in [3.8, 4) is 5.75 Å². The van der Waals surface area contributed by atoms with Crippen LogP contribution in [0.25, 0.3) is 0 Å². The highest BCUT2D eigenvalue weighted by molar-refractivity contribution is 5.20. The molecule has 0 heterocycles. The van der Waals surface area contributed by atoms with Gasteiger partial charge in [-0.3, -0.25) is 0 Å². The maximum absolute atomic E-state index is 8.90. The van der Waals surface area contributed by atoms with Gasteiger partial charge in [-0.05, 0) is 19.1 Å². The van der Waals surface area contributed by atoms with Gasteiger partial charge in [0.05, 0.1) is 19.3 Å². The van der Waals surface area contributed by atoms with Gasteiger partial charge in [-0.1, -0.05) is 18.2 Å². The molecule has 0 aliphatic rings. The van der Waals surface area contributed by atoms with Crippen molar-refractivity contribution in [2.75, 3.05) is 19.8 Å². The van der Waals surface area contributed by atoms with Crippen LogP contribution in [-0.2, 0) is 4.74 Å². The van der Waals surface area contributed by atoms with Crippen LogP contribution in [0, 0.1) is 0 Å². The molecule has 0 spiro atoms. The number of hydrogen-bond donors (Lipinski definition) is 1. The third-order valence-corrected chi connectivity index (χ3v) is 1.60. The fourth-order valence-electron chi connectivity index (χ4n) is 0.989. The van der Waals surface area contributed by atoms with E-state index >= 15 is 0 Å². The minimum atomic E-state index is -0.410. The Morgan fingerprint density at radius 1 is 1.21 bits per heavy atom. The van der Waals surface area contributed by atoms with Crippen molar-refractivity contribution >= 4 is 0 Å². The Morgan fingerprint density at radius 3 is 2.57 bits per heavy atom. The molecule has 3 nitrogen and oxygen atoms in total. The Bertz CT molecular complexity index is 234. The van der Waals surface area contributed by atoms with E-state index in [2.05, 4.69) is 0 Å². The van der Waals surface area contributed by atoms with E-state index in [1.807, 2.05) is 30.3 Å². The molecule has 1 aromatic rings. The Balaban J connectivity index is 2.05. The first-order valence-electron chi connectivity index (χ1n) is 4.72. The van der Waals surface area contributed by atoms with Crippen LogP contribution in [0.3, 0.4) is 0 Å². The summed E-state index contributed by atoms with van der Waals surface area (Å²) in [6, 6.07) is 9.58. The smallest absolute Gasteiger partial charge is 0.119 e. The van der Waals surface area contributed by atoms with Crippen molar-refractivity contribution in [3.05, 3.63) is 30.3 Å². The highest BCUT2D eigenvalue weighted by Crippen LogP contribution is 2.07. The Hall–Kier alpha value is -1.06. The second-order valence-corrected chi connectivity index (χ2v) is 3.09. The van der Waals surface area contributed by atoms with Gasteiger partial charge in [0.2, 0.25) is 0 Å². The van der Waals surface area contributed by atoms with Crippen LogP contribution in [0.2, 0.25) is 0 Å². The summed E-state index contributed by atoms with van der Waals surface area (Å²) in [6.45, 7) is 3.06. The second-order valence-electron chi connectivity index (χ2n) is 3.09. The molecular formula is C11H16O3. The molecule has 0 radical (unpaired) electrons. The SMILES string of the molecule is CC(O)COCCOc1ccccc1. The van der Waals surface area contributed by atoms with Gasteiger partial charge in [-0.2, -0.15) is 0 Å². The lowest BCUT2D eigenvalue weighted by molar-refractivity contribution is 0.0329. The Kier molecular flexibility index (Phi) is 5.04. The third-order valence-electron chi connectivity index (χ3n) is 1.60. The zero-order chi connectivity index (χ0) is 10.2. The summed E-state index contributed by atoms with van der Waals surface area (Å²) in [7, 11) is 0. The lowest BCUT2D eigenvalue weighted by atomic mass is 10.3. The molecule has 14 heavy (non-hydrogen) atoms. The molecule has 1 unspecified atom stereocenters. The number of benzene rings is 1. The van der Waals surface area contributed by atoms with Gasteiger partial charge in [-0.25, -0.2) is 0 Å². The molecule has 0 saturated heterocycles. The first-order valence-corrected chi connectivity index (χ1v) is 4.72. The molecular weight excluding hydrogens is 180 g/mol. The van der Waals surface area contributed by atoms with Gasteiger partial charge in [0.25, 0.3) is 0 Å². The molecule has 1 rings (SSSR count). The quantitative estimate of drug-likeness (QED) is 0.700. The first kappa shape index (κ1) is 11.0. The monoisotopic (exact) mass is 196 g/mol. The number of aliphatic hydroxyl groups excluding tert-OH is 1.